The third kappa shape index (κ3) is 4.20. The van der Waals surface area contributed by atoms with Gasteiger partial charge in [-0.1, -0.05) is 48.5 Å². The molecular formula is C23H21N5O2. The Morgan fingerprint density at radius 1 is 1.03 bits per heavy atom. The lowest BCUT2D eigenvalue weighted by atomic mass is 10.1. The molecule has 0 unspecified atom stereocenters. The fourth-order valence-electron chi connectivity index (χ4n) is 3.37. The number of nitrogens with one attached hydrogen (secondary N) is 2. The Labute approximate surface area is 173 Å². The van der Waals surface area contributed by atoms with Gasteiger partial charge in [-0.3, -0.25) is 9.59 Å². The average molecular weight is 399 g/mol. The SMILES string of the molecule is NC(=O)c1cnc(-c2ccccc2)nc1CCNC(=O)Cc1c[nH]c2ccccc12. The summed E-state index contributed by atoms with van der Waals surface area (Å²) in [6, 6.07) is 17.3. The monoisotopic (exact) mass is 399 g/mol. The molecule has 0 spiro atoms. The number of para-hydroxylation sites is 1. The van der Waals surface area contributed by atoms with E-state index in [0.717, 1.165) is 22.0 Å². The third-order valence-corrected chi connectivity index (χ3v) is 4.88. The minimum absolute atomic E-state index is 0.0993. The Bertz CT molecular complexity index is 1200. The number of nitrogens with zero attached hydrogens (tertiary/aromatic N) is 2. The molecule has 4 N–H and O–H groups in total. The minimum Gasteiger partial charge on any atom is -0.365 e. The maximum atomic E-state index is 12.4. The van der Waals surface area contributed by atoms with Crippen LogP contribution in [-0.4, -0.2) is 33.3 Å². The van der Waals surface area contributed by atoms with Crippen molar-refractivity contribution in [1.29, 1.82) is 0 Å². The van der Waals surface area contributed by atoms with E-state index < -0.39 is 5.91 Å². The topological polar surface area (TPSA) is 114 Å². The number of nitrogens with two attached hydrogens (primary N) is 1. The van der Waals surface area contributed by atoms with Crippen LogP contribution in [0.4, 0.5) is 0 Å². The van der Waals surface area contributed by atoms with Gasteiger partial charge < -0.3 is 16.0 Å². The van der Waals surface area contributed by atoms with E-state index in [1.54, 1.807) is 0 Å². The Hall–Kier alpha value is -4.00. The summed E-state index contributed by atoms with van der Waals surface area (Å²) in [7, 11) is 0. The fourth-order valence-corrected chi connectivity index (χ4v) is 3.37. The number of H-pyrrole nitrogens is 1. The molecule has 7 heteroatoms. The molecule has 0 aliphatic heterocycles. The van der Waals surface area contributed by atoms with Crippen molar-refractivity contribution in [3.63, 3.8) is 0 Å². The number of hydrogen-bond donors (Lipinski definition) is 3. The predicted molar refractivity (Wildman–Crippen MR) is 115 cm³/mol. The first-order valence-electron chi connectivity index (χ1n) is 9.64. The molecule has 0 aliphatic rings. The van der Waals surface area contributed by atoms with Crippen LogP contribution in [0.5, 0.6) is 0 Å². The molecule has 2 aromatic heterocycles. The molecule has 0 bridgehead atoms. The largest absolute Gasteiger partial charge is 0.365 e. The molecule has 0 fully saturated rings. The zero-order valence-electron chi connectivity index (χ0n) is 16.3. The number of benzene rings is 2. The summed E-state index contributed by atoms with van der Waals surface area (Å²) in [5.74, 6) is -0.173. The Balaban J connectivity index is 1.43. The first-order valence-corrected chi connectivity index (χ1v) is 9.64. The molecule has 2 aromatic carbocycles. The van der Waals surface area contributed by atoms with Gasteiger partial charge in [0.1, 0.15) is 0 Å². The van der Waals surface area contributed by atoms with Crippen LogP contribution >= 0.6 is 0 Å². The van der Waals surface area contributed by atoms with Crippen molar-refractivity contribution in [2.24, 2.45) is 5.73 Å². The number of hydrogen-bond acceptors (Lipinski definition) is 4. The van der Waals surface area contributed by atoms with Gasteiger partial charge in [0.25, 0.3) is 5.91 Å². The van der Waals surface area contributed by atoms with E-state index in [1.807, 2.05) is 60.8 Å². The fraction of sp³-hybridized carbons (Fsp3) is 0.130. The molecule has 0 aliphatic carbocycles. The van der Waals surface area contributed by atoms with Crippen LogP contribution in [0.25, 0.3) is 22.3 Å². The highest BCUT2D eigenvalue weighted by Crippen LogP contribution is 2.18. The average Bonchev–Trinajstić information content (AvgIpc) is 3.17. The van der Waals surface area contributed by atoms with E-state index in [-0.39, 0.29) is 17.9 Å². The molecule has 7 nitrogen and oxygen atoms in total. The summed E-state index contributed by atoms with van der Waals surface area (Å²) in [4.78, 5) is 36.1. The van der Waals surface area contributed by atoms with Gasteiger partial charge >= 0.3 is 0 Å². The summed E-state index contributed by atoms with van der Waals surface area (Å²) in [5, 5.41) is 3.93. The number of aromatic nitrogens is 3. The normalized spacial score (nSPS) is 10.8. The van der Waals surface area contributed by atoms with Gasteiger partial charge in [-0.2, -0.15) is 0 Å². The second-order valence-electron chi connectivity index (χ2n) is 6.92. The van der Waals surface area contributed by atoms with Crippen LogP contribution in [0, 0.1) is 0 Å². The summed E-state index contributed by atoms with van der Waals surface area (Å²) >= 11 is 0. The molecule has 30 heavy (non-hydrogen) atoms. The highest BCUT2D eigenvalue weighted by Gasteiger charge is 2.14. The first kappa shape index (κ1) is 19.3. The number of carbonyl (C=O) groups is 2. The van der Waals surface area contributed by atoms with Crippen LogP contribution < -0.4 is 11.1 Å². The van der Waals surface area contributed by atoms with Crippen molar-refractivity contribution >= 4 is 22.7 Å². The molecule has 2 amide bonds. The van der Waals surface area contributed by atoms with Crippen molar-refractivity contribution < 1.29 is 9.59 Å². The standard InChI is InChI=1S/C23H21N5O2/c24-22(30)18-14-27-23(15-6-2-1-3-7-15)28-20(18)10-11-25-21(29)12-16-13-26-19-9-5-4-8-17(16)19/h1-9,13-14,26H,10-12H2,(H2,24,30)(H,25,29). The number of amides is 2. The Morgan fingerprint density at radius 3 is 2.60 bits per heavy atom. The van der Waals surface area contributed by atoms with Crippen LogP contribution in [0.15, 0.2) is 67.0 Å². The lowest BCUT2D eigenvalue weighted by Gasteiger charge is -2.09. The number of aromatic amines is 1. The van der Waals surface area contributed by atoms with Gasteiger partial charge in [-0.25, -0.2) is 9.97 Å². The molecule has 4 rings (SSSR count). The number of primary amides is 1. The summed E-state index contributed by atoms with van der Waals surface area (Å²) in [6.07, 6.45) is 3.94. The molecule has 0 radical (unpaired) electrons. The summed E-state index contributed by atoms with van der Waals surface area (Å²) in [5.41, 5.74) is 9.04. The van der Waals surface area contributed by atoms with Gasteiger partial charge in [-0.15, -0.1) is 0 Å². The molecule has 0 saturated heterocycles. The van der Waals surface area contributed by atoms with E-state index in [4.69, 9.17) is 5.73 Å². The van der Waals surface area contributed by atoms with Crippen LogP contribution in [0.1, 0.15) is 21.6 Å². The van der Waals surface area contributed by atoms with E-state index in [9.17, 15) is 9.59 Å². The Morgan fingerprint density at radius 2 is 1.80 bits per heavy atom. The van der Waals surface area contributed by atoms with E-state index in [1.165, 1.54) is 6.20 Å². The number of rotatable bonds is 7. The van der Waals surface area contributed by atoms with Crippen LogP contribution in [-0.2, 0) is 17.6 Å². The third-order valence-electron chi connectivity index (χ3n) is 4.88. The van der Waals surface area contributed by atoms with E-state index in [2.05, 4.69) is 20.3 Å². The van der Waals surface area contributed by atoms with Gasteiger partial charge in [0, 0.05) is 41.8 Å². The molecule has 0 saturated carbocycles. The minimum atomic E-state index is -0.588. The molecule has 0 atom stereocenters. The van der Waals surface area contributed by atoms with E-state index >= 15 is 0 Å². The molecule has 2 heterocycles. The number of fused-ring (bicyclic) bond motifs is 1. The number of carbonyl (C=O) groups excluding carboxylic acids is 2. The van der Waals surface area contributed by atoms with Crippen molar-refractivity contribution in [2.75, 3.05) is 6.54 Å². The summed E-state index contributed by atoms with van der Waals surface area (Å²) in [6.45, 7) is 0.340. The molecular weight excluding hydrogens is 378 g/mol. The second-order valence-corrected chi connectivity index (χ2v) is 6.92. The van der Waals surface area contributed by atoms with Crippen LogP contribution in [0.2, 0.25) is 0 Å². The van der Waals surface area contributed by atoms with Gasteiger partial charge in [0.15, 0.2) is 5.82 Å². The maximum absolute atomic E-state index is 12.4. The van der Waals surface area contributed by atoms with Gasteiger partial charge in [-0.05, 0) is 11.6 Å². The van der Waals surface area contributed by atoms with Crippen molar-refractivity contribution in [1.82, 2.24) is 20.3 Å². The van der Waals surface area contributed by atoms with Crippen molar-refractivity contribution in [3.05, 3.63) is 83.8 Å². The van der Waals surface area contributed by atoms with Crippen molar-refractivity contribution in [3.8, 4) is 11.4 Å². The van der Waals surface area contributed by atoms with Crippen molar-refractivity contribution in [2.45, 2.75) is 12.8 Å². The molecule has 150 valence electrons. The Kier molecular flexibility index (Phi) is 5.52. The van der Waals surface area contributed by atoms with E-state index in [0.29, 0.717) is 24.5 Å². The van der Waals surface area contributed by atoms with Gasteiger partial charge in [0.05, 0.1) is 17.7 Å². The van der Waals surface area contributed by atoms with Gasteiger partial charge in [0.2, 0.25) is 5.91 Å². The molecule has 4 aromatic rings. The lowest BCUT2D eigenvalue weighted by molar-refractivity contribution is -0.120. The predicted octanol–water partition coefficient (Wildman–Crippen LogP) is 2.63. The first-order chi connectivity index (χ1) is 14.6. The second kappa shape index (κ2) is 8.57. The lowest BCUT2D eigenvalue weighted by Crippen LogP contribution is -2.28. The summed E-state index contributed by atoms with van der Waals surface area (Å²) < 4.78 is 0. The highest BCUT2D eigenvalue weighted by molar-refractivity contribution is 5.93. The zero-order chi connectivity index (χ0) is 20.9. The highest BCUT2D eigenvalue weighted by atomic mass is 16.1. The quantitative estimate of drug-likeness (QED) is 0.443. The zero-order valence-corrected chi connectivity index (χ0v) is 16.3. The van der Waals surface area contributed by atoms with Crippen LogP contribution in [0.3, 0.4) is 0 Å². The maximum Gasteiger partial charge on any atom is 0.252 e. The smallest absolute Gasteiger partial charge is 0.252 e.